The van der Waals surface area contributed by atoms with Crippen LogP contribution >= 0.6 is 0 Å². The van der Waals surface area contributed by atoms with E-state index in [0.29, 0.717) is 6.54 Å². The van der Waals surface area contributed by atoms with Gasteiger partial charge in [-0.25, -0.2) is 8.42 Å². The highest BCUT2D eigenvalue weighted by molar-refractivity contribution is 7.90. The molecule has 0 saturated heterocycles. The normalized spacial score (nSPS) is 13.8. The molecule has 0 saturated carbocycles. The lowest BCUT2D eigenvalue weighted by Crippen LogP contribution is -2.25. The second-order valence-electron chi connectivity index (χ2n) is 4.62. The monoisotopic (exact) mass is 271 g/mol. The lowest BCUT2D eigenvalue weighted by molar-refractivity contribution is 0.127. The molecule has 0 aliphatic rings. The van der Waals surface area contributed by atoms with E-state index in [0.717, 1.165) is 18.5 Å². The van der Waals surface area contributed by atoms with E-state index in [2.05, 4.69) is 11.8 Å². The zero-order chi connectivity index (χ0) is 13.8. The van der Waals surface area contributed by atoms with Crippen molar-refractivity contribution in [3.8, 4) is 0 Å². The Morgan fingerprint density at radius 2 is 1.83 bits per heavy atom. The minimum Gasteiger partial charge on any atom is -0.387 e. The van der Waals surface area contributed by atoms with Crippen molar-refractivity contribution in [2.45, 2.75) is 24.3 Å². The molecule has 1 aromatic carbocycles. The maximum absolute atomic E-state index is 11.3. The Kier molecular flexibility index (Phi) is 5.31. The van der Waals surface area contributed by atoms with Gasteiger partial charge < -0.3 is 10.0 Å². The minimum absolute atomic E-state index is 0.278. The van der Waals surface area contributed by atoms with Crippen molar-refractivity contribution >= 4 is 9.84 Å². The summed E-state index contributed by atoms with van der Waals surface area (Å²) in [6.45, 7) is 3.56. The maximum Gasteiger partial charge on any atom is 0.175 e. The first-order valence-corrected chi connectivity index (χ1v) is 7.90. The van der Waals surface area contributed by atoms with Crippen molar-refractivity contribution < 1.29 is 13.5 Å². The van der Waals surface area contributed by atoms with E-state index < -0.39 is 15.9 Å². The van der Waals surface area contributed by atoms with Gasteiger partial charge in [-0.05, 0) is 37.7 Å². The minimum atomic E-state index is -3.17. The average molecular weight is 271 g/mol. The molecule has 1 rings (SSSR count). The average Bonchev–Trinajstić information content (AvgIpc) is 2.28. The number of sulfone groups is 1. The largest absolute Gasteiger partial charge is 0.387 e. The molecule has 5 heteroatoms. The molecule has 18 heavy (non-hydrogen) atoms. The summed E-state index contributed by atoms with van der Waals surface area (Å²) >= 11 is 0. The lowest BCUT2D eigenvalue weighted by Gasteiger charge is -2.20. The third-order valence-electron chi connectivity index (χ3n) is 2.78. The second kappa shape index (κ2) is 6.31. The lowest BCUT2D eigenvalue weighted by atomic mass is 10.1. The van der Waals surface area contributed by atoms with Crippen LogP contribution < -0.4 is 0 Å². The van der Waals surface area contributed by atoms with Crippen LogP contribution in [0.25, 0.3) is 0 Å². The van der Waals surface area contributed by atoms with Gasteiger partial charge in [-0.15, -0.1) is 0 Å². The van der Waals surface area contributed by atoms with Crippen LogP contribution in [0.15, 0.2) is 29.2 Å². The predicted molar refractivity (Wildman–Crippen MR) is 72.3 cm³/mol. The molecule has 0 aromatic heterocycles. The molecule has 1 aromatic rings. The van der Waals surface area contributed by atoms with E-state index in [1.165, 1.54) is 18.4 Å². The summed E-state index contributed by atoms with van der Waals surface area (Å²) in [6, 6.07) is 6.41. The van der Waals surface area contributed by atoms with E-state index in [1.54, 1.807) is 12.1 Å². The van der Waals surface area contributed by atoms with Gasteiger partial charge in [0.15, 0.2) is 9.84 Å². The molecule has 1 atom stereocenters. The fourth-order valence-corrected chi connectivity index (χ4v) is 2.44. The Labute approximate surface area is 109 Å². The van der Waals surface area contributed by atoms with Gasteiger partial charge in [-0.3, -0.25) is 0 Å². The molecule has 0 aliphatic carbocycles. The summed E-state index contributed by atoms with van der Waals surface area (Å²) in [5, 5.41) is 10.0. The van der Waals surface area contributed by atoms with Gasteiger partial charge in [0.1, 0.15) is 0 Å². The first-order valence-electron chi connectivity index (χ1n) is 6.01. The number of likely N-dealkylation sites (N-methyl/N-ethyl adjacent to an activating group) is 1. The van der Waals surface area contributed by atoms with Gasteiger partial charge in [0, 0.05) is 12.8 Å². The van der Waals surface area contributed by atoms with E-state index >= 15 is 0 Å². The van der Waals surface area contributed by atoms with Crippen molar-refractivity contribution in [3.63, 3.8) is 0 Å². The fourth-order valence-electron chi connectivity index (χ4n) is 1.81. The predicted octanol–water partition coefficient (Wildman–Crippen LogP) is 1.47. The van der Waals surface area contributed by atoms with Crippen LogP contribution in [0.3, 0.4) is 0 Å². The Morgan fingerprint density at radius 3 is 2.28 bits per heavy atom. The molecule has 0 aliphatic heterocycles. The SMILES string of the molecule is CCCN(C)CC(O)c1ccc(S(C)(=O)=O)cc1. The smallest absolute Gasteiger partial charge is 0.175 e. The Morgan fingerprint density at radius 1 is 1.28 bits per heavy atom. The van der Waals surface area contributed by atoms with Crippen LogP contribution in [0.2, 0.25) is 0 Å². The van der Waals surface area contributed by atoms with E-state index in [4.69, 9.17) is 0 Å². The molecule has 102 valence electrons. The van der Waals surface area contributed by atoms with Crippen molar-refractivity contribution in [1.29, 1.82) is 0 Å². The highest BCUT2D eigenvalue weighted by atomic mass is 32.2. The number of benzene rings is 1. The molecule has 0 amide bonds. The van der Waals surface area contributed by atoms with Gasteiger partial charge in [-0.1, -0.05) is 19.1 Å². The highest BCUT2D eigenvalue weighted by Gasteiger charge is 2.12. The van der Waals surface area contributed by atoms with Gasteiger partial charge in [-0.2, -0.15) is 0 Å². The number of rotatable bonds is 6. The Hall–Kier alpha value is -0.910. The zero-order valence-electron chi connectivity index (χ0n) is 11.1. The molecule has 0 spiro atoms. The van der Waals surface area contributed by atoms with E-state index in [-0.39, 0.29) is 4.90 Å². The molecule has 1 unspecified atom stereocenters. The molecule has 4 nitrogen and oxygen atoms in total. The van der Waals surface area contributed by atoms with E-state index in [1.807, 2.05) is 7.05 Å². The first kappa shape index (κ1) is 15.1. The van der Waals surface area contributed by atoms with Crippen molar-refractivity contribution in [2.24, 2.45) is 0 Å². The summed E-state index contributed by atoms with van der Waals surface area (Å²) in [5.41, 5.74) is 0.741. The number of nitrogens with zero attached hydrogens (tertiary/aromatic N) is 1. The molecular formula is C13H21NO3S. The van der Waals surface area contributed by atoms with E-state index in [9.17, 15) is 13.5 Å². The van der Waals surface area contributed by atoms with Crippen molar-refractivity contribution in [2.75, 3.05) is 26.4 Å². The highest BCUT2D eigenvalue weighted by Crippen LogP contribution is 2.17. The molecular weight excluding hydrogens is 250 g/mol. The van der Waals surface area contributed by atoms with Crippen LogP contribution in [0.4, 0.5) is 0 Å². The fraction of sp³-hybridized carbons (Fsp3) is 0.538. The van der Waals surface area contributed by atoms with Crippen LogP contribution in [-0.2, 0) is 9.84 Å². The zero-order valence-corrected chi connectivity index (χ0v) is 11.9. The molecule has 0 bridgehead atoms. The topological polar surface area (TPSA) is 57.6 Å². The van der Waals surface area contributed by atoms with Crippen molar-refractivity contribution in [3.05, 3.63) is 29.8 Å². The molecule has 1 N–H and O–H groups in total. The number of aliphatic hydroxyl groups excluding tert-OH is 1. The molecule has 0 heterocycles. The molecule has 0 radical (unpaired) electrons. The van der Waals surface area contributed by atoms with Crippen LogP contribution in [0.5, 0.6) is 0 Å². The quantitative estimate of drug-likeness (QED) is 0.851. The molecule has 0 fully saturated rings. The standard InChI is InChI=1S/C13H21NO3S/c1-4-9-14(2)10-13(15)11-5-7-12(8-6-11)18(3,16)17/h5-8,13,15H,4,9-10H2,1-3H3. The summed E-state index contributed by atoms with van der Waals surface area (Å²) in [5.74, 6) is 0. The van der Waals surface area contributed by atoms with Crippen molar-refractivity contribution in [1.82, 2.24) is 4.90 Å². The summed E-state index contributed by atoms with van der Waals surface area (Å²) in [4.78, 5) is 2.33. The van der Waals surface area contributed by atoms with Gasteiger partial charge in [0.05, 0.1) is 11.0 Å². The third-order valence-corrected chi connectivity index (χ3v) is 3.91. The second-order valence-corrected chi connectivity index (χ2v) is 6.63. The van der Waals surface area contributed by atoms with Crippen LogP contribution in [-0.4, -0.2) is 44.8 Å². The maximum atomic E-state index is 11.3. The number of hydrogen-bond acceptors (Lipinski definition) is 4. The van der Waals surface area contributed by atoms with Gasteiger partial charge >= 0.3 is 0 Å². The van der Waals surface area contributed by atoms with Crippen LogP contribution in [0, 0.1) is 0 Å². The number of aliphatic hydroxyl groups is 1. The van der Waals surface area contributed by atoms with Gasteiger partial charge in [0.2, 0.25) is 0 Å². The third kappa shape index (κ3) is 4.40. The number of hydrogen-bond donors (Lipinski definition) is 1. The van der Waals surface area contributed by atoms with Crippen LogP contribution in [0.1, 0.15) is 25.0 Å². The Balaban J connectivity index is 2.73. The summed E-state index contributed by atoms with van der Waals surface area (Å²) in [6.07, 6.45) is 1.62. The first-order chi connectivity index (χ1) is 8.34. The Bertz CT molecular complexity index is 468. The van der Waals surface area contributed by atoms with Gasteiger partial charge in [0.25, 0.3) is 0 Å². The summed E-state index contributed by atoms with van der Waals surface area (Å²) in [7, 11) is -1.21. The summed E-state index contributed by atoms with van der Waals surface area (Å²) < 4.78 is 22.6.